The third-order valence-corrected chi connectivity index (χ3v) is 10.9. The van der Waals surface area contributed by atoms with Crippen molar-refractivity contribution in [3.63, 3.8) is 0 Å². The molecule has 4 heterocycles. The maximum Gasteiger partial charge on any atom is 0.308 e. The Morgan fingerprint density at radius 1 is 1.11 bits per heavy atom. The van der Waals surface area contributed by atoms with Crippen LogP contribution in [-0.4, -0.2) is 145 Å². The number of hydrogen-bond donors (Lipinski definition) is 2. The van der Waals surface area contributed by atoms with Crippen LogP contribution in [0.1, 0.15) is 65.9 Å². The molecule has 0 bridgehead atoms. The summed E-state index contributed by atoms with van der Waals surface area (Å²) >= 11 is 0. The molecule has 0 radical (unpaired) electrons. The van der Waals surface area contributed by atoms with Gasteiger partial charge in [-0.1, -0.05) is 50.3 Å². The van der Waals surface area contributed by atoms with E-state index in [-0.39, 0.29) is 37.7 Å². The van der Waals surface area contributed by atoms with Crippen LogP contribution in [0.15, 0.2) is 48.3 Å². The molecule has 55 heavy (non-hydrogen) atoms. The summed E-state index contributed by atoms with van der Waals surface area (Å²) in [5.74, 6) is 3.53. The number of rotatable bonds is 9. The zero-order chi connectivity index (χ0) is 40.1. The lowest BCUT2D eigenvalue weighted by molar-refractivity contribution is -0.307. The average Bonchev–Trinajstić information content (AvgIpc) is 3.17. The van der Waals surface area contributed by atoms with E-state index < -0.39 is 72.7 Å². The second kappa shape index (κ2) is 21.8. The summed E-state index contributed by atoms with van der Waals surface area (Å²) in [5.41, 5.74) is 1.59. The topological polar surface area (TPSA) is 157 Å². The maximum absolute atomic E-state index is 13.5. The minimum Gasteiger partial charge on any atom is -0.460 e. The molecule has 1 aromatic rings. The molecule has 1 aromatic heterocycles. The summed E-state index contributed by atoms with van der Waals surface area (Å²) < 4.78 is 30.7. The highest BCUT2D eigenvalue weighted by Gasteiger charge is 2.48. The van der Waals surface area contributed by atoms with Gasteiger partial charge in [0.1, 0.15) is 31.2 Å². The van der Waals surface area contributed by atoms with Crippen LogP contribution in [-0.2, 0) is 38.1 Å². The summed E-state index contributed by atoms with van der Waals surface area (Å²) in [6.07, 6.45) is 3.74. The van der Waals surface area contributed by atoms with Crippen molar-refractivity contribution in [3.05, 3.63) is 53.9 Å². The van der Waals surface area contributed by atoms with Crippen molar-refractivity contribution >= 4 is 18.0 Å². The summed E-state index contributed by atoms with van der Waals surface area (Å²) in [5, 5.41) is 23.4. The Bertz CT molecular complexity index is 1500. The number of likely N-dealkylation sites (N-methyl/N-ethyl adjacent to an activating group) is 1. The number of morpholine rings is 1. The first-order valence-electron chi connectivity index (χ1n) is 19.5. The van der Waals surface area contributed by atoms with Gasteiger partial charge in [0.05, 0.1) is 50.0 Å². The number of aliphatic hydroxyl groups excluding tert-OH is 2. The number of pyridine rings is 1. The lowest BCUT2D eigenvalue weighted by Crippen LogP contribution is -2.64. The van der Waals surface area contributed by atoms with E-state index >= 15 is 0 Å². The van der Waals surface area contributed by atoms with Crippen molar-refractivity contribution < 1.29 is 48.3 Å². The van der Waals surface area contributed by atoms with E-state index in [1.807, 2.05) is 51.9 Å². The number of carbonyl (C=O) groups is 3. The second-order valence-corrected chi connectivity index (χ2v) is 15.2. The predicted molar refractivity (Wildman–Crippen MR) is 206 cm³/mol. The zero-order valence-electron chi connectivity index (χ0n) is 33.4. The Hall–Kier alpha value is -3.32. The van der Waals surface area contributed by atoms with E-state index in [4.69, 9.17) is 23.7 Å². The standard InChI is InChI=1S/C42H61N3O10/c1-8-36-33(45-17-21-51-22-18-45)23-27(2)13-14-34(47)28(3)24-32(15-19-46)40(29(4)35(48)25-37(49)54-36)55-42-39(50)38(44(6)7)41(30(5)53-42)52-20-10-12-31-11-9-16-43-26-31/h9,11,13-14,16,19,23,26,28-30,32-33,35-36,38-42,48,50H,8,15,17-18,20-22,24-25H2,1-7H3/b14-13+,27-23+/t28-,29+,30-,32+,33+,35-,36-,38-,39-,40-,41-,42+/m1/s1. The Labute approximate surface area is 326 Å². The third-order valence-electron chi connectivity index (χ3n) is 10.9. The van der Waals surface area contributed by atoms with Crippen molar-refractivity contribution in [2.75, 3.05) is 47.0 Å². The van der Waals surface area contributed by atoms with Crippen molar-refractivity contribution in [1.82, 2.24) is 14.8 Å². The minimum atomic E-state index is -1.24. The van der Waals surface area contributed by atoms with Crippen LogP contribution in [0.5, 0.6) is 0 Å². The van der Waals surface area contributed by atoms with Crippen molar-refractivity contribution in [1.29, 1.82) is 0 Å². The number of aldehydes is 1. The molecule has 2 N–H and O–H groups in total. The third kappa shape index (κ3) is 12.6. The van der Waals surface area contributed by atoms with E-state index in [9.17, 15) is 24.6 Å². The number of aromatic nitrogens is 1. The highest BCUT2D eigenvalue weighted by atomic mass is 16.7. The van der Waals surface area contributed by atoms with Crippen LogP contribution in [0, 0.1) is 29.6 Å². The fourth-order valence-electron chi connectivity index (χ4n) is 7.75. The molecule has 0 unspecified atom stereocenters. The second-order valence-electron chi connectivity index (χ2n) is 15.2. The van der Waals surface area contributed by atoms with E-state index in [2.05, 4.69) is 21.7 Å². The predicted octanol–water partition coefficient (Wildman–Crippen LogP) is 2.97. The summed E-state index contributed by atoms with van der Waals surface area (Å²) in [4.78, 5) is 47.4. The molecule has 0 aliphatic carbocycles. The molecule has 13 nitrogen and oxygen atoms in total. The zero-order valence-corrected chi connectivity index (χ0v) is 33.4. The van der Waals surface area contributed by atoms with Crippen LogP contribution in [0.4, 0.5) is 0 Å². The molecular weight excluding hydrogens is 706 g/mol. The van der Waals surface area contributed by atoms with Gasteiger partial charge >= 0.3 is 5.97 Å². The van der Waals surface area contributed by atoms with E-state index in [0.717, 1.165) is 17.4 Å². The van der Waals surface area contributed by atoms with Gasteiger partial charge in [0, 0.05) is 49.3 Å². The number of nitrogens with zero attached hydrogens (tertiary/aromatic N) is 3. The van der Waals surface area contributed by atoms with E-state index in [1.54, 1.807) is 44.5 Å². The lowest BCUT2D eigenvalue weighted by Gasteiger charge is -2.47. The monoisotopic (exact) mass is 767 g/mol. The molecule has 304 valence electrons. The molecule has 4 rings (SSSR count). The number of allylic oxidation sites excluding steroid dienone is 3. The first-order chi connectivity index (χ1) is 26.3. The Balaban J connectivity index is 1.61. The number of hydrogen-bond acceptors (Lipinski definition) is 13. The highest BCUT2D eigenvalue weighted by molar-refractivity contribution is 5.91. The van der Waals surface area contributed by atoms with E-state index in [0.29, 0.717) is 32.7 Å². The molecule has 12 atom stereocenters. The van der Waals surface area contributed by atoms with Crippen LogP contribution >= 0.6 is 0 Å². The molecule has 0 spiro atoms. The number of carbonyl (C=O) groups excluding carboxylic acids is 3. The summed E-state index contributed by atoms with van der Waals surface area (Å²) in [6, 6.07) is 2.81. The van der Waals surface area contributed by atoms with Gasteiger partial charge in [-0.2, -0.15) is 0 Å². The van der Waals surface area contributed by atoms with E-state index in [1.165, 1.54) is 0 Å². The average molecular weight is 768 g/mol. The Kier molecular flexibility index (Phi) is 17.6. The lowest BCUT2D eigenvalue weighted by atomic mass is 9.79. The fraction of sp³-hybridized carbons (Fsp3) is 0.667. The molecule has 3 aliphatic heterocycles. The first kappa shape index (κ1) is 44.4. The molecule has 0 amide bonds. The maximum atomic E-state index is 13.5. The number of cyclic esters (lactones) is 1. The van der Waals surface area contributed by atoms with Crippen LogP contribution < -0.4 is 0 Å². The normalized spacial score (nSPS) is 36.2. The summed E-state index contributed by atoms with van der Waals surface area (Å²) in [6.45, 7) is 11.8. The number of ketones is 1. The van der Waals surface area contributed by atoms with Crippen LogP contribution in [0.3, 0.4) is 0 Å². The van der Waals surface area contributed by atoms with Crippen molar-refractivity contribution in [2.24, 2.45) is 17.8 Å². The molecule has 0 saturated carbocycles. The van der Waals surface area contributed by atoms with Gasteiger partial charge in [-0.15, -0.1) is 0 Å². The smallest absolute Gasteiger partial charge is 0.308 e. The summed E-state index contributed by atoms with van der Waals surface area (Å²) in [7, 11) is 3.65. The Morgan fingerprint density at radius 2 is 1.85 bits per heavy atom. The minimum absolute atomic E-state index is 0.0163. The van der Waals surface area contributed by atoms with Crippen molar-refractivity contribution in [3.8, 4) is 11.8 Å². The molecule has 2 saturated heterocycles. The van der Waals surface area contributed by atoms with Gasteiger partial charge in [-0.05, 0) is 64.9 Å². The highest BCUT2D eigenvalue weighted by Crippen LogP contribution is 2.35. The quantitative estimate of drug-likeness (QED) is 0.215. The van der Waals surface area contributed by atoms with Gasteiger partial charge in [0.25, 0.3) is 0 Å². The van der Waals surface area contributed by atoms with Gasteiger partial charge in [0.2, 0.25) is 0 Å². The fourth-order valence-corrected chi connectivity index (χ4v) is 7.75. The van der Waals surface area contributed by atoms with Crippen molar-refractivity contribution in [2.45, 2.75) is 115 Å². The largest absolute Gasteiger partial charge is 0.460 e. The Morgan fingerprint density at radius 3 is 2.51 bits per heavy atom. The van der Waals surface area contributed by atoms with Gasteiger partial charge in [-0.25, -0.2) is 0 Å². The number of aliphatic hydroxyl groups is 2. The first-order valence-corrected chi connectivity index (χ1v) is 19.5. The van der Waals surface area contributed by atoms with Gasteiger partial charge in [0.15, 0.2) is 12.1 Å². The van der Waals surface area contributed by atoms with Gasteiger partial charge < -0.3 is 43.6 Å². The number of ether oxygens (including phenoxy) is 5. The number of esters is 1. The van der Waals surface area contributed by atoms with Crippen LogP contribution in [0.2, 0.25) is 0 Å². The van der Waals surface area contributed by atoms with Crippen LogP contribution in [0.25, 0.3) is 0 Å². The molecule has 13 heteroatoms. The molecule has 3 aliphatic rings. The molecule has 2 fully saturated rings. The van der Waals surface area contributed by atoms with Gasteiger partial charge in [-0.3, -0.25) is 19.5 Å². The SMILES string of the molecule is CC[C@H]1OC(=O)C[C@@H](O)[C@H](C)[C@@H](O[C@@H]2O[C@H](C)[C@@H](OCC#Cc3cccnc3)[C@H](N(C)C)[C@H]2O)[C@@H](CC=O)C[C@@H](C)C(=O)/C=C/C(C)=C/[C@@H]1N1CCOCC1. The molecule has 0 aromatic carbocycles. The molecular formula is C42H61N3O10.